The van der Waals surface area contributed by atoms with Crippen LogP contribution in [0.5, 0.6) is 0 Å². The Bertz CT molecular complexity index is 402. The fraction of sp³-hybridized carbons (Fsp3) is 0.562. The third-order valence-electron chi connectivity index (χ3n) is 3.99. The lowest BCUT2D eigenvalue weighted by Crippen LogP contribution is -2.44. The van der Waals surface area contributed by atoms with Crippen molar-refractivity contribution >= 4 is 5.91 Å². The van der Waals surface area contributed by atoms with E-state index in [1.807, 2.05) is 49.2 Å². The maximum atomic E-state index is 12.6. The van der Waals surface area contributed by atoms with E-state index in [1.54, 1.807) is 0 Å². The van der Waals surface area contributed by atoms with Gasteiger partial charge in [-0.05, 0) is 44.8 Å². The summed E-state index contributed by atoms with van der Waals surface area (Å²) < 4.78 is 0. The van der Waals surface area contributed by atoms with E-state index in [9.17, 15) is 4.79 Å². The summed E-state index contributed by atoms with van der Waals surface area (Å²) in [4.78, 5) is 14.6. The van der Waals surface area contributed by atoms with Crippen molar-refractivity contribution in [2.75, 3.05) is 26.7 Å². The molecule has 0 saturated carbocycles. The van der Waals surface area contributed by atoms with Crippen LogP contribution >= 0.6 is 0 Å². The van der Waals surface area contributed by atoms with E-state index in [4.69, 9.17) is 0 Å². The van der Waals surface area contributed by atoms with E-state index in [0.717, 1.165) is 31.6 Å². The molecule has 104 valence electrons. The van der Waals surface area contributed by atoms with Crippen molar-refractivity contribution in [2.24, 2.45) is 5.92 Å². The predicted molar refractivity (Wildman–Crippen MR) is 78.1 cm³/mol. The summed E-state index contributed by atoms with van der Waals surface area (Å²) >= 11 is 0. The molecule has 1 aromatic carbocycles. The van der Waals surface area contributed by atoms with Crippen molar-refractivity contribution in [1.29, 1.82) is 0 Å². The first-order valence-electron chi connectivity index (χ1n) is 7.20. The Labute approximate surface area is 116 Å². The largest absolute Gasteiger partial charge is 0.342 e. The number of carbonyl (C=O) groups excluding carboxylic acids is 1. The van der Waals surface area contributed by atoms with Crippen LogP contribution in [0.25, 0.3) is 0 Å². The number of nitrogens with one attached hydrogen (secondary N) is 1. The molecule has 1 fully saturated rings. The van der Waals surface area contributed by atoms with E-state index < -0.39 is 0 Å². The van der Waals surface area contributed by atoms with Gasteiger partial charge >= 0.3 is 0 Å². The lowest BCUT2D eigenvalue weighted by atomic mass is 9.94. The second-order valence-corrected chi connectivity index (χ2v) is 5.48. The van der Waals surface area contributed by atoms with Gasteiger partial charge in [0.2, 0.25) is 5.91 Å². The molecule has 1 aliphatic rings. The molecule has 0 aromatic heterocycles. The lowest BCUT2D eigenvalue weighted by molar-refractivity contribution is -0.134. The highest BCUT2D eigenvalue weighted by atomic mass is 16.2. The Hall–Kier alpha value is -1.35. The van der Waals surface area contributed by atoms with Crippen LogP contribution in [0.4, 0.5) is 0 Å². The molecule has 2 unspecified atom stereocenters. The molecule has 2 atom stereocenters. The van der Waals surface area contributed by atoms with Crippen molar-refractivity contribution in [3.8, 4) is 0 Å². The minimum absolute atomic E-state index is 0.0328. The lowest BCUT2D eigenvalue weighted by Gasteiger charge is -2.34. The summed E-state index contributed by atoms with van der Waals surface area (Å²) in [6.07, 6.45) is 2.35. The fourth-order valence-electron chi connectivity index (χ4n) is 2.88. The van der Waals surface area contributed by atoms with Gasteiger partial charge in [0.25, 0.3) is 0 Å². The number of amides is 1. The minimum atomic E-state index is -0.0328. The van der Waals surface area contributed by atoms with Crippen LogP contribution < -0.4 is 5.32 Å². The van der Waals surface area contributed by atoms with Crippen molar-refractivity contribution in [3.05, 3.63) is 35.9 Å². The molecule has 0 radical (unpaired) electrons. The molecule has 0 aliphatic carbocycles. The third-order valence-corrected chi connectivity index (χ3v) is 3.99. The van der Waals surface area contributed by atoms with E-state index in [0.29, 0.717) is 5.92 Å². The van der Waals surface area contributed by atoms with Gasteiger partial charge in [0.05, 0.1) is 5.92 Å². The Kier molecular flexibility index (Phi) is 4.97. The van der Waals surface area contributed by atoms with Gasteiger partial charge in [0.15, 0.2) is 0 Å². The molecule has 3 heteroatoms. The zero-order valence-corrected chi connectivity index (χ0v) is 11.9. The molecule has 1 N–H and O–H groups in total. The van der Waals surface area contributed by atoms with Crippen molar-refractivity contribution in [3.63, 3.8) is 0 Å². The van der Waals surface area contributed by atoms with Gasteiger partial charge in [0, 0.05) is 13.1 Å². The summed E-state index contributed by atoms with van der Waals surface area (Å²) in [5.41, 5.74) is 1.11. The molecule has 0 spiro atoms. The summed E-state index contributed by atoms with van der Waals surface area (Å²) in [5, 5.41) is 3.22. The zero-order valence-electron chi connectivity index (χ0n) is 11.9. The highest BCUT2D eigenvalue weighted by Gasteiger charge is 2.26. The monoisotopic (exact) mass is 260 g/mol. The number of hydrogen-bond donors (Lipinski definition) is 1. The van der Waals surface area contributed by atoms with Crippen molar-refractivity contribution in [1.82, 2.24) is 10.2 Å². The minimum Gasteiger partial charge on any atom is -0.342 e. The molecule has 1 aromatic rings. The van der Waals surface area contributed by atoms with Gasteiger partial charge in [0.1, 0.15) is 0 Å². The number of rotatable bonds is 4. The molecule has 1 saturated heterocycles. The van der Waals surface area contributed by atoms with Gasteiger partial charge in [-0.2, -0.15) is 0 Å². The van der Waals surface area contributed by atoms with Crippen LogP contribution in [0, 0.1) is 5.92 Å². The van der Waals surface area contributed by atoms with E-state index >= 15 is 0 Å². The van der Waals surface area contributed by atoms with E-state index in [-0.39, 0.29) is 11.8 Å². The Morgan fingerprint density at radius 2 is 2.16 bits per heavy atom. The van der Waals surface area contributed by atoms with Gasteiger partial charge in [-0.3, -0.25) is 4.79 Å². The maximum absolute atomic E-state index is 12.6. The van der Waals surface area contributed by atoms with Crippen LogP contribution in [0.1, 0.15) is 31.2 Å². The second-order valence-electron chi connectivity index (χ2n) is 5.48. The molecule has 1 heterocycles. The highest BCUT2D eigenvalue weighted by molar-refractivity contribution is 5.83. The van der Waals surface area contributed by atoms with E-state index in [1.165, 1.54) is 6.42 Å². The van der Waals surface area contributed by atoms with Crippen LogP contribution in [0.3, 0.4) is 0 Å². The first kappa shape index (κ1) is 14.1. The molecule has 3 nitrogen and oxygen atoms in total. The number of likely N-dealkylation sites (tertiary alicyclic amines) is 1. The summed E-state index contributed by atoms with van der Waals surface area (Å²) in [7, 11) is 1.98. The smallest absolute Gasteiger partial charge is 0.229 e. The number of benzene rings is 1. The fourth-order valence-corrected chi connectivity index (χ4v) is 2.88. The SMILES string of the molecule is CNCC1CCCN(C(=O)C(C)c2ccccc2)C1. The van der Waals surface area contributed by atoms with Crippen LogP contribution in [-0.4, -0.2) is 37.5 Å². The first-order valence-corrected chi connectivity index (χ1v) is 7.20. The Morgan fingerprint density at radius 3 is 2.84 bits per heavy atom. The highest BCUT2D eigenvalue weighted by Crippen LogP contribution is 2.22. The second kappa shape index (κ2) is 6.71. The van der Waals surface area contributed by atoms with Crippen LogP contribution in [0.2, 0.25) is 0 Å². The Morgan fingerprint density at radius 1 is 1.42 bits per heavy atom. The predicted octanol–water partition coefficient (Wildman–Crippen LogP) is 2.25. The van der Waals surface area contributed by atoms with Gasteiger partial charge in [-0.25, -0.2) is 0 Å². The summed E-state index contributed by atoms with van der Waals surface area (Å²) in [6, 6.07) is 10.1. The van der Waals surface area contributed by atoms with Crippen LogP contribution in [0.15, 0.2) is 30.3 Å². The number of piperidine rings is 1. The zero-order chi connectivity index (χ0) is 13.7. The van der Waals surface area contributed by atoms with Gasteiger partial charge in [-0.15, -0.1) is 0 Å². The standard InChI is InChI=1S/C16H24N2O/c1-13(15-8-4-3-5-9-15)16(19)18-10-6-7-14(12-18)11-17-2/h3-5,8-9,13-14,17H,6-7,10-12H2,1-2H3. The van der Waals surface area contributed by atoms with Gasteiger partial charge in [-0.1, -0.05) is 30.3 Å². The molecule has 1 amide bonds. The topological polar surface area (TPSA) is 32.3 Å². The first-order chi connectivity index (χ1) is 9.22. The summed E-state index contributed by atoms with van der Waals surface area (Å²) in [6.45, 7) is 4.83. The maximum Gasteiger partial charge on any atom is 0.229 e. The van der Waals surface area contributed by atoms with Crippen molar-refractivity contribution in [2.45, 2.75) is 25.7 Å². The number of hydrogen-bond acceptors (Lipinski definition) is 2. The van der Waals surface area contributed by atoms with Crippen molar-refractivity contribution < 1.29 is 4.79 Å². The average Bonchev–Trinajstić information content (AvgIpc) is 2.47. The molecule has 0 bridgehead atoms. The molecule has 19 heavy (non-hydrogen) atoms. The molecule has 2 rings (SSSR count). The number of nitrogens with zero attached hydrogens (tertiary/aromatic N) is 1. The van der Waals surface area contributed by atoms with E-state index in [2.05, 4.69) is 5.32 Å². The quantitative estimate of drug-likeness (QED) is 0.900. The van der Waals surface area contributed by atoms with Gasteiger partial charge < -0.3 is 10.2 Å². The normalized spacial score (nSPS) is 21.2. The molecular weight excluding hydrogens is 236 g/mol. The molecular formula is C16H24N2O. The third kappa shape index (κ3) is 3.57. The average molecular weight is 260 g/mol. The molecule has 1 aliphatic heterocycles. The summed E-state index contributed by atoms with van der Waals surface area (Å²) in [5.74, 6) is 0.840. The Balaban J connectivity index is 1.99. The number of carbonyl (C=O) groups is 1. The van der Waals surface area contributed by atoms with Crippen LogP contribution in [-0.2, 0) is 4.79 Å².